The molecule has 10 rings (SSSR count). The third-order valence-electron chi connectivity index (χ3n) is 12.0. The number of thiol groups is 1. The number of hydrogen-bond acceptors (Lipinski definition) is 4. The van der Waals surface area contributed by atoms with Crippen LogP contribution in [0.15, 0.2) is 136 Å². The molecule has 0 unspecified atom stereocenters. The average molecular weight is 922 g/mol. The first-order valence-electron chi connectivity index (χ1n) is 22.0. The van der Waals surface area contributed by atoms with E-state index in [1.807, 2.05) is 6.20 Å². The molecule has 1 radical (unpaired) electrons. The molecule has 0 bridgehead atoms. The summed E-state index contributed by atoms with van der Waals surface area (Å²) < 4.78 is 8.28. The number of aryl methyl sites for hydroxylation is 4. The molecule has 0 aliphatic heterocycles. The van der Waals surface area contributed by atoms with Crippen molar-refractivity contribution in [2.24, 2.45) is 15.1 Å². The third kappa shape index (κ3) is 8.67. The van der Waals surface area contributed by atoms with E-state index in [0.29, 0.717) is 0 Å². The number of benzene rings is 6. The molecule has 8 heteroatoms. The number of aromatic nitrogens is 4. The molecule has 0 saturated heterocycles. The van der Waals surface area contributed by atoms with Crippen LogP contribution < -0.4 is 0 Å². The van der Waals surface area contributed by atoms with Gasteiger partial charge >= 0.3 is 24.8 Å². The number of hydrogen-bond donors (Lipinski definition) is 1. The normalized spacial score (nSPS) is 11.9. The van der Waals surface area contributed by atoms with Crippen LogP contribution in [0.3, 0.4) is 0 Å². The van der Waals surface area contributed by atoms with Crippen LogP contribution in [0.5, 0.6) is 0 Å². The predicted molar refractivity (Wildman–Crippen MR) is 281 cm³/mol. The van der Waals surface area contributed by atoms with Crippen molar-refractivity contribution in [3.63, 3.8) is 0 Å². The van der Waals surface area contributed by atoms with E-state index in [1.54, 1.807) is 0 Å². The summed E-state index contributed by atoms with van der Waals surface area (Å²) in [5, 5.41) is 7.49. The van der Waals surface area contributed by atoms with Crippen LogP contribution in [0.4, 0.5) is 0 Å². The molecule has 0 atom stereocenters. The predicted octanol–water partition coefficient (Wildman–Crippen LogP) is 16.0. The van der Waals surface area contributed by atoms with Gasteiger partial charge in [-0.3, -0.25) is 8.80 Å². The molecule has 0 aliphatic carbocycles. The Kier molecular flexibility index (Phi) is 12.5. The van der Waals surface area contributed by atoms with Gasteiger partial charge in [0, 0.05) is 32.7 Å². The second-order valence-corrected chi connectivity index (χ2v) is 20.6. The quantitative estimate of drug-likeness (QED) is 0.109. The number of halogens is 1. The van der Waals surface area contributed by atoms with Gasteiger partial charge in [-0.15, -0.1) is 0 Å². The van der Waals surface area contributed by atoms with Gasteiger partial charge in [-0.05, 0) is 136 Å². The molecular formula is C56H56BBrN5S. The summed E-state index contributed by atoms with van der Waals surface area (Å²) in [7, 11) is 4.34. The van der Waals surface area contributed by atoms with Crippen molar-refractivity contribution in [3.8, 4) is 22.5 Å². The van der Waals surface area contributed by atoms with E-state index in [2.05, 4.69) is 240 Å². The standard InChI is InChI=1S/C28H27BrN2.C28H28N2.BHNS/c1-17-9-8-10-18(2)24(17)25-26(29)30-27-21-12-7-6-11-20(21)22-15-19(16-28(3,4)5)13-14-23(22)31(25)27;1-18-9-8-10-19(2)26(18)25-17-29-27-22-12-7-6-11-21(22)23-15-20(16-28(3,4)5)13-14-24(23)30(25)27;1-2-3/h6-15H,16H2,1-5H3;6-15,17H,16H2,1-5H3;3H. The van der Waals surface area contributed by atoms with E-state index in [9.17, 15) is 0 Å². The van der Waals surface area contributed by atoms with Crippen LogP contribution >= 0.6 is 28.7 Å². The van der Waals surface area contributed by atoms with Crippen LogP contribution in [0.25, 0.3) is 77.2 Å². The van der Waals surface area contributed by atoms with Crippen LogP contribution in [0.1, 0.15) is 74.9 Å². The molecule has 0 saturated carbocycles. The first-order chi connectivity index (χ1) is 30.5. The molecule has 0 fully saturated rings. The van der Waals surface area contributed by atoms with Crippen LogP contribution in [-0.2, 0) is 12.8 Å². The molecule has 321 valence electrons. The summed E-state index contributed by atoms with van der Waals surface area (Å²) in [6.45, 7) is 22.5. The summed E-state index contributed by atoms with van der Waals surface area (Å²) in [5.74, 6) is 0. The van der Waals surface area contributed by atoms with Crippen molar-refractivity contribution in [1.82, 2.24) is 18.8 Å². The number of nitrogens with zero attached hydrogens (tertiary/aromatic N) is 5. The molecule has 4 heterocycles. The maximum absolute atomic E-state index is 5.01. The number of imidazole rings is 2. The molecule has 0 N–H and O–H groups in total. The second kappa shape index (κ2) is 17.8. The van der Waals surface area contributed by atoms with Gasteiger partial charge in [0.25, 0.3) is 0 Å². The molecule has 0 aliphatic rings. The SMILES string of the molecule is Cc1cccc(C)c1-c1c(Br)nc2c3ccccc3c3cc(CC(C)(C)C)ccc3n12.Cc1cccc(C)c1-c1cnc2c3ccccc3c3cc(CC(C)(C)C)ccc3n12.[B]=NS. The first kappa shape index (κ1) is 45.0. The Morgan fingerprint density at radius 1 is 0.547 bits per heavy atom. The Labute approximate surface area is 392 Å². The summed E-state index contributed by atoms with van der Waals surface area (Å²) in [5.41, 5.74) is 17.6. The van der Waals surface area contributed by atoms with Crippen molar-refractivity contribution in [2.45, 2.75) is 82.1 Å². The molecule has 0 amide bonds. The summed E-state index contributed by atoms with van der Waals surface area (Å²) in [4.78, 5) is 9.91. The van der Waals surface area contributed by atoms with Crippen molar-refractivity contribution in [3.05, 3.63) is 166 Å². The Morgan fingerprint density at radius 2 is 0.969 bits per heavy atom. The van der Waals surface area contributed by atoms with Crippen LogP contribution in [-0.4, -0.2) is 26.4 Å². The van der Waals surface area contributed by atoms with Gasteiger partial charge in [0.1, 0.15) is 15.9 Å². The van der Waals surface area contributed by atoms with Crippen LogP contribution in [0.2, 0.25) is 0 Å². The van der Waals surface area contributed by atoms with Gasteiger partial charge in [0.2, 0.25) is 0 Å². The van der Waals surface area contributed by atoms with Crippen molar-refractivity contribution in [2.75, 3.05) is 0 Å². The zero-order chi connectivity index (χ0) is 45.7. The van der Waals surface area contributed by atoms with E-state index in [1.165, 1.54) is 93.6 Å². The minimum atomic E-state index is 0.245. The Morgan fingerprint density at radius 3 is 1.44 bits per heavy atom. The van der Waals surface area contributed by atoms with E-state index in [4.69, 9.17) is 9.97 Å². The van der Waals surface area contributed by atoms with Crippen molar-refractivity contribution in [1.29, 1.82) is 0 Å². The Bertz CT molecular complexity index is 3360. The molecule has 64 heavy (non-hydrogen) atoms. The molecule has 4 aromatic heterocycles. The van der Waals surface area contributed by atoms with E-state index in [-0.39, 0.29) is 10.8 Å². The minimum absolute atomic E-state index is 0.245. The van der Waals surface area contributed by atoms with E-state index < -0.39 is 0 Å². The Balaban J connectivity index is 0.000000165. The van der Waals surface area contributed by atoms with Gasteiger partial charge in [-0.1, -0.05) is 139 Å². The summed E-state index contributed by atoms with van der Waals surface area (Å²) in [6.07, 6.45) is 4.15. The fraction of sp³-hybridized carbons (Fsp3) is 0.250. The maximum atomic E-state index is 5.01. The monoisotopic (exact) mass is 920 g/mol. The zero-order valence-corrected chi connectivity index (χ0v) is 41.2. The number of fused-ring (bicyclic) bond motifs is 12. The van der Waals surface area contributed by atoms with Gasteiger partial charge in [0.15, 0.2) is 0 Å². The second-order valence-electron chi connectivity index (χ2n) is 19.6. The van der Waals surface area contributed by atoms with Crippen LogP contribution in [0, 0.1) is 38.5 Å². The van der Waals surface area contributed by atoms with Gasteiger partial charge in [-0.25, -0.2) is 9.97 Å². The molecule has 5 nitrogen and oxygen atoms in total. The van der Waals surface area contributed by atoms with E-state index in [0.717, 1.165) is 34.4 Å². The van der Waals surface area contributed by atoms with Gasteiger partial charge in [0.05, 0.1) is 28.6 Å². The molecule has 6 aromatic carbocycles. The number of pyridine rings is 2. The average Bonchev–Trinajstić information content (AvgIpc) is 3.82. The van der Waals surface area contributed by atoms with Crippen molar-refractivity contribution < 1.29 is 0 Å². The van der Waals surface area contributed by atoms with Gasteiger partial charge < -0.3 is 0 Å². The van der Waals surface area contributed by atoms with Crippen molar-refractivity contribution >= 4 is 91.0 Å². The zero-order valence-electron chi connectivity index (χ0n) is 38.7. The summed E-state index contributed by atoms with van der Waals surface area (Å²) >= 11 is 7.00. The molecular weight excluding hydrogens is 865 g/mol. The summed E-state index contributed by atoms with van der Waals surface area (Å²) in [6, 6.07) is 44.2. The van der Waals surface area contributed by atoms with Gasteiger partial charge in [-0.2, -0.15) is 0 Å². The molecule has 0 spiro atoms. The third-order valence-corrected chi connectivity index (χ3v) is 12.6. The Hall–Kier alpha value is -5.57. The van der Waals surface area contributed by atoms with E-state index >= 15 is 0 Å². The fourth-order valence-corrected chi connectivity index (χ4v) is 10.2. The first-order valence-corrected chi connectivity index (χ1v) is 23.2. The fourth-order valence-electron chi connectivity index (χ4n) is 9.65. The molecule has 10 aromatic rings. The number of rotatable bonds is 4. The topological polar surface area (TPSA) is 47.0 Å².